The number of amides is 1. The highest BCUT2D eigenvalue weighted by Crippen LogP contribution is 2.28. The minimum atomic E-state index is -0.457. The molecule has 0 unspecified atom stereocenters. The number of benzene rings is 2. The van der Waals surface area contributed by atoms with Crippen LogP contribution in [0.1, 0.15) is 24.1 Å². The van der Waals surface area contributed by atoms with Crippen LogP contribution in [-0.2, 0) is 11.2 Å². The van der Waals surface area contributed by atoms with E-state index < -0.39 is 4.92 Å². The molecule has 0 aliphatic heterocycles. The summed E-state index contributed by atoms with van der Waals surface area (Å²) in [5.41, 5.74) is 1.69. The molecule has 0 spiro atoms. The van der Waals surface area contributed by atoms with Gasteiger partial charge in [0.15, 0.2) is 0 Å². The molecule has 2 rings (SSSR count). The molecule has 0 bridgehead atoms. The van der Waals surface area contributed by atoms with E-state index in [0.717, 1.165) is 16.9 Å². The van der Waals surface area contributed by atoms with E-state index in [1.54, 1.807) is 31.2 Å². The molecule has 0 saturated heterocycles. The average Bonchev–Trinajstić information content (AvgIpc) is 2.60. The molecule has 0 radical (unpaired) electrons. The van der Waals surface area contributed by atoms with Gasteiger partial charge >= 0.3 is 0 Å². The summed E-state index contributed by atoms with van der Waals surface area (Å²) in [6, 6.07) is 13.5. The molecule has 2 aromatic rings. The van der Waals surface area contributed by atoms with Gasteiger partial charge in [0.1, 0.15) is 5.75 Å². The number of likely N-dealkylation sites (N-methyl/N-ethyl adjacent to an activating group) is 1. The first-order valence-electron chi connectivity index (χ1n) is 7.56. The summed E-state index contributed by atoms with van der Waals surface area (Å²) >= 11 is 0. The number of rotatable bonds is 6. The fourth-order valence-electron chi connectivity index (χ4n) is 2.47. The van der Waals surface area contributed by atoms with Gasteiger partial charge < -0.3 is 9.64 Å². The lowest BCUT2D eigenvalue weighted by Gasteiger charge is -2.26. The lowest BCUT2D eigenvalue weighted by molar-refractivity contribution is -0.384. The Morgan fingerprint density at radius 1 is 1.21 bits per heavy atom. The van der Waals surface area contributed by atoms with Crippen LogP contribution in [0.5, 0.6) is 5.75 Å². The number of nitro benzene ring substituents is 1. The third kappa shape index (κ3) is 3.90. The number of nitrogens with zero attached hydrogens (tertiary/aromatic N) is 2. The Morgan fingerprint density at radius 3 is 2.42 bits per heavy atom. The maximum Gasteiger partial charge on any atom is 0.269 e. The van der Waals surface area contributed by atoms with Crippen LogP contribution in [0.2, 0.25) is 0 Å². The molecule has 6 heteroatoms. The van der Waals surface area contributed by atoms with Crippen LogP contribution in [0, 0.1) is 10.1 Å². The molecule has 1 atom stereocenters. The first-order valence-corrected chi connectivity index (χ1v) is 7.56. The number of carbonyl (C=O) groups is 1. The van der Waals surface area contributed by atoms with Crippen LogP contribution in [0.25, 0.3) is 0 Å². The van der Waals surface area contributed by atoms with Crippen LogP contribution in [0.4, 0.5) is 5.69 Å². The van der Waals surface area contributed by atoms with Crippen molar-refractivity contribution in [3.63, 3.8) is 0 Å². The van der Waals surface area contributed by atoms with Crippen molar-refractivity contribution in [3.05, 3.63) is 69.8 Å². The summed E-state index contributed by atoms with van der Waals surface area (Å²) in [4.78, 5) is 24.4. The van der Waals surface area contributed by atoms with Gasteiger partial charge in [0.2, 0.25) is 5.91 Å². The van der Waals surface area contributed by atoms with Crippen LogP contribution in [-0.4, -0.2) is 29.9 Å². The largest absolute Gasteiger partial charge is 0.496 e. The Labute approximate surface area is 140 Å². The fraction of sp³-hybridized carbons (Fsp3) is 0.278. The molecule has 0 aliphatic carbocycles. The Bertz CT molecular complexity index is 728. The molecule has 0 fully saturated rings. The van der Waals surface area contributed by atoms with E-state index in [2.05, 4.69) is 0 Å². The maximum atomic E-state index is 12.5. The summed E-state index contributed by atoms with van der Waals surface area (Å²) < 4.78 is 5.35. The topological polar surface area (TPSA) is 72.7 Å². The van der Waals surface area contributed by atoms with Crippen LogP contribution >= 0.6 is 0 Å². The number of hydrogen-bond acceptors (Lipinski definition) is 4. The van der Waals surface area contributed by atoms with Gasteiger partial charge in [-0.2, -0.15) is 0 Å². The van der Waals surface area contributed by atoms with Crippen LogP contribution in [0.3, 0.4) is 0 Å². The molecule has 0 aromatic heterocycles. The number of nitro groups is 1. The Kier molecular flexibility index (Phi) is 5.52. The third-order valence-corrected chi connectivity index (χ3v) is 4.07. The molecule has 6 nitrogen and oxygen atoms in total. The molecule has 0 N–H and O–H groups in total. The molecular weight excluding hydrogens is 308 g/mol. The molecule has 126 valence electrons. The summed E-state index contributed by atoms with van der Waals surface area (Å²) in [5, 5.41) is 10.7. The second kappa shape index (κ2) is 7.59. The minimum Gasteiger partial charge on any atom is -0.496 e. The predicted octanol–water partition coefficient (Wildman–Crippen LogP) is 3.37. The number of ether oxygens (including phenoxy) is 1. The van der Waals surface area contributed by atoms with Crippen molar-refractivity contribution in [3.8, 4) is 5.75 Å². The first-order chi connectivity index (χ1) is 11.4. The SMILES string of the molecule is COc1ccccc1[C@@H](C)N(C)C(=O)Cc1ccc([N+](=O)[O-])cc1. The average molecular weight is 328 g/mol. The van der Waals surface area contributed by atoms with E-state index >= 15 is 0 Å². The van der Waals surface area contributed by atoms with Gasteiger partial charge in [0.05, 0.1) is 24.5 Å². The zero-order valence-corrected chi connectivity index (χ0v) is 13.9. The van der Waals surface area contributed by atoms with Crippen molar-refractivity contribution >= 4 is 11.6 Å². The Morgan fingerprint density at radius 2 is 1.83 bits per heavy atom. The summed E-state index contributed by atoms with van der Waals surface area (Å²) in [6.45, 7) is 1.94. The quantitative estimate of drug-likeness (QED) is 0.602. The number of carbonyl (C=O) groups excluding carboxylic acids is 1. The van der Waals surface area contributed by atoms with Gasteiger partial charge in [0, 0.05) is 24.7 Å². The van der Waals surface area contributed by atoms with Gasteiger partial charge in [-0.1, -0.05) is 30.3 Å². The number of hydrogen-bond donors (Lipinski definition) is 0. The highest BCUT2D eigenvalue weighted by atomic mass is 16.6. The number of non-ortho nitro benzene ring substituents is 1. The maximum absolute atomic E-state index is 12.5. The van der Waals surface area contributed by atoms with Gasteiger partial charge in [-0.05, 0) is 18.6 Å². The van der Waals surface area contributed by atoms with Crippen molar-refractivity contribution in [2.45, 2.75) is 19.4 Å². The van der Waals surface area contributed by atoms with Gasteiger partial charge in [-0.3, -0.25) is 14.9 Å². The summed E-state index contributed by atoms with van der Waals surface area (Å²) in [5.74, 6) is 0.669. The zero-order chi connectivity index (χ0) is 17.7. The van der Waals surface area contributed by atoms with Crippen LogP contribution in [0.15, 0.2) is 48.5 Å². The van der Waals surface area contributed by atoms with Crippen LogP contribution < -0.4 is 4.74 Å². The van der Waals surface area contributed by atoms with Crippen molar-refractivity contribution < 1.29 is 14.5 Å². The number of para-hydroxylation sites is 1. The fourth-order valence-corrected chi connectivity index (χ4v) is 2.47. The minimum absolute atomic E-state index is 0.0157. The molecule has 1 amide bonds. The predicted molar refractivity (Wildman–Crippen MR) is 91.0 cm³/mol. The standard InChI is InChI=1S/C18H20N2O4/c1-13(16-6-4-5-7-17(16)24-3)19(2)18(21)12-14-8-10-15(11-9-14)20(22)23/h4-11,13H,12H2,1-3H3/t13-/m1/s1. The molecular formula is C18H20N2O4. The van der Waals surface area contributed by atoms with Crippen molar-refractivity contribution in [2.75, 3.05) is 14.2 Å². The lowest BCUT2D eigenvalue weighted by atomic mass is 10.0. The molecule has 0 aliphatic rings. The Balaban J connectivity index is 2.09. The normalized spacial score (nSPS) is 11.6. The van der Waals surface area contributed by atoms with E-state index in [4.69, 9.17) is 4.74 Å². The second-order valence-electron chi connectivity index (χ2n) is 5.52. The number of methoxy groups -OCH3 is 1. The monoisotopic (exact) mass is 328 g/mol. The molecule has 24 heavy (non-hydrogen) atoms. The van der Waals surface area contributed by atoms with Gasteiger partial charge in [0.25, 0.3) is 5.69 Å². The summed E-state index contributed by atoms with van der Waals surface area (Å²) in [7, 11) is 3.34. The van der Waals surface area contributed by atoms with E-state index in [1.807, 2.05) is 31.2 Å². The van der Waals surface area contributed by atoms with Gasteiger partial charge in [-0.15, -0.1) is 0 Å². The van der Waals surface area contributed by atoms with Crippen molar-refractivity contribution in [1.82, 2.24) is 4.90 Å². The van der Waals surface area contributed by atoms with E-state index in [1.165, 1.54) is 12.1 Å². The summed E-state index contributed by atoms with van der Waals surface area (Å²) in [6.07, 6.45) is 0.188. The molecule has 2 aromatic carbocycles. The van der Waals surface area contributed by atoms with Gasteiger partial charge in [-0.25, -0.2) is 0 Å². The van der Waals surface area contributed by atoms with Crippen molar-refractivity contribution in [2.24, 2.45) is 0 Å². The third-order valence-electron chi connectivity index (χ3n) is 4.07. The first kappa shape index (κ1) is 17.5. The smallest absolute Gasteiger partial charge is 0.269 e. The lowest BCUT2D eigenvalue weighted by Crippen LogP contribution is -2.31. The highest BCUT2D eigenvalue weighted by molar-refractivity contribution is 5.79. The van der Waals surface area contributed by atoms with Crippen molar-refractivity contribution in [1.29, 1.82) is 0 Å². The molecule has 0 heterocycles. The Hall–Kier alpha value is -2.89. The van der Waals surface area contributed by atoms with E-state index in [0.29, 0.717) is 0 Å². The molecule has 0 saturated carbocycles. The highest BCUT2D eigenvalue weighted by Gasteiger charge is 2.20. The van der Waals surface area contributed by atoms with E-state index in [-0.39, 0.29) is 24.1 Å². The van der Waals surface area contributed by atoms with E-state index in [9.17, 15) is 14.9 Å². The zero-order valence-electron chi connectivity index (χ0n) is 13.9. The second-order valence-corrected chi connectivity index (χ2v) is 5.52.